The monoisotopic (exact) mass is 341 g/mol. The van der Waals surface area contributed by atoms with Crippen molar-refractivity contribution in [1.82, 2.24) is 0 Å². The molecular formula is C13H12INO2. The van der Waals surface area contributed by atoms with Gasteiger partial charge in [0, 0.05) is 14.8 Å². The number of benzene rings is 1. The first-order valence-electron chi connectivity index (χ1n) is 5.19. The Morgan fingerprint density at radius 1 is 1.24 bits per heavy atom. The predicted octanol–water partition coefficient (Wildman–Crippen LogP) is 3.75. The molecule has 4 heteroatoms. The molecule has 0 bridgehead atoms. The fourth-order valence-corrected chi connectivity index (χ4v) is 2.00. The van der Waals surface area contributed by atoms with Crippen LogP contribution in [0.15, 0.2) is 34.9 Å². The van der Waals surface area contributed by atoms with E-state index < -0.39 is 0 Å². The molecule has 88 valence electrons. The molecule has 1 amide bonds. The maximum atomic E-state index is 12.0. The first-order chi connectivity index (χ1) is 8.08. The number of hydrogen-bond donors (Lipinski definition) is 1. The summed E-state index contributed by atoms with van der Waals surface area (Å²) in [5.74, 6) is 0.514. The lowest BCUT2D eigenvalue weighted by Gasteiger charge is -2.05. The third-order valence-corrected chi connectivity index (χ3v) is 3.21. The lowest BCUT2D eigenvalue weighted by atomic mass is 10.1. The number of furan rings is 1. The number of anilines is 1. The second kappa shape index (κ2) is 4.91. The molecule has 2 aromatic rings. The molecule has 1 aromatic heterocycles. The van der Waals surface area contributed by atoms with E-state index in [0.29, 0.717) is 11.3 Å². The van der Waals surface area contributed by atoms with Crippen LogP contribution >= 0.6 is 22.6 Å². The molecule has 17 heavy (non-hydrogen) atoms. The number of aryl methyl sites for hydroxylation is 2. The van der Waals surface area contributed by atoms with Crippen LogP contribution < -0.4 is 5.32 Å². The Morgan fingerprint density at radius 3 is 2.41 bits per heavy atom. The van der Waals surface area contributed by atoms with Gasteiger partial charge in [-0.05, 0) is 60.7 Å². The predicted molar refractivity (Wildman–Crippen MR) is 75.3 cm³/mol. The van der Waals surface area contributed by atoms with Crippen LogP contribution in [0.1, 0.15) is 21.7 Å². The molecule has 1 heterocycles. The summed E-state index contributed by atoms with van der Waals surface area (Å²) in [6.45, 7) is 3.65. The first-order valence-corrected chi connectivity index (χ1v) is 6.27. The maximum absolute atomic E-state index is 12.0. The van der Waals surface area contributed by atoms with E-state index in [9.17, 15) is 4.79 Å². The molecule has 1 aromatic carbocycles. The number of nitrogens with one attached hydrogen (secondary N) is 1. The van der Waals surface area contributed by atoms with E-state index >= 15 is 0 Å². The summed E-state index contributed by atoms with van der Waals surface area (Å²) < 4.78 is 6.35. The Hall–Kier alpha value is -1.30. The second-order valence-corrected chi connectivity index (χ2v) is 5.06. The van der Waals surface area contributed by atoms with E-state index in [1.807, 2.05) is 31.2 Å². The van der Waals surface area contributed by atoms with Crippen molar-refractivity contribution in [2.45, 2.75) is 13.8 Å². The van der Waals surface area contributed by atoms with E-state index in [1.54, 1.807) is 13.2 Å². The average molecular weight is 341 g/mol. The summed E-state index contributed by atoms with van der Waals surface area (Å²) in [5.41, 5.74) is 2.25. The van der Waals surface area contributed by atoms with E-state index in [0.717, 1.165) is 14.8 Å². The highest BCUT2D eigenvalue weighted by molar-refractivity contribution is 14.1. The molecule has 1 N–H and O–H groups in total. The third kappa shape index (κ3) is 2.69. The summed E-state index contributed by atoms with van der Waals surface area (Å²) in [7, 11) is 0. The van der Waals surface area contributed by atoms with Crippen LogP contribution in [-0.4, -0.2) is 5.91 Å². The van der Waals surface area contributed by atoms with Crippen molar-refractivity contribution in [2.75, 3.05) is 5.32 Å². The minimum absolute atomic E-state index is 0.130. The molecule has 0 fully saturated rings. The molecule has 0 unspecified atom stereocenters. The molecule has 0 aliphatic rings. The van der Waals surface area contributed by atoms with Crippen molar-refractivity contribution >= 4 is 34.2 Å². The molecule has 2 rings (SSSR count). The van der Waals surface area contributed by atoms with Crippen molar-refractivity contribution < 1.29 is 9.21 Å². The highest BCUT2D eigenvalue weighted by atomic mass is 127. The number of halogens is 1. The average Bonchev–Trinajstić information content (AvgIpc) is 2.62. The van der Waals surface area contributed by atoms with Gasteiger partial charge in [0.15, 0.2) is 0 Å². The van der Waals surface area contributed by atoms with Gasteiger partial charge < -0.3 is 9.73 Å². The summed E-state index contributed by atoms with van der Waals surface area (Å²) in [6.07, 6.45) is 1.60. The van der Waals surface area contributed by atoms with E-state index in [1.165, 1.54) is 0 Å². The van der Waals surface area contributed by atoms with Gasteiger partial charge in [-0.15, -0.1) is 0 Å². The normalized spacial score (nSPS) is 10.3. The summed E-state index contributed by atoms with van der Waals surface area (Å²) in [4.78, 5) is 12.0. The number of hydrogen-bond acceptors (Lipinski definition) is 2. The van der Waals surface area contributed by atoms with Crippen LogP contribution in [0.4, 0.5) is 5.69 Å². The van der Waals surface area contributed by atoms with Crippen LogP contribution in [0.3, 0.4) is 0 Å². The Bertz CT molecular complexity index is 524. The van der Waals surface area contributed by atoms with Gasteiger partial charge in [-0.1, -0.05) is 0 Å². The first kappa shape index (κ1) is 12.2. The number of rotatable bonds is 2. The highest BCUT2D eigenvalue weighted by Crippen LogP contribution is 2.18. The van der Waals surface area contributed by atoms with Gasteiger partial charge in [0.25, 0.3) is 5.91 Å². The molecule has 0 saturated carbocycles. The smallest absolute Gasteiger partial charge is 0.259 e. The summed E-state index contributed by atoms with van der Waals surface area (Å²) in [6, 6.07) is 7.66. The fourth-order valence-electron chi connectivity index (χ4n) is 1.64. The van der Waals surface area contributed by atoms with Crippen molar-refractivity contribution in [3.05, 3.63) is 51.0 Å². The van der Waals surface area contributed by atoms with Crippen LogP contribution in [0.2, 0.25) is 0 Å². The lowest BCUT2D eigenvalue weighted by Crippen LogP contribution is -2.13. The topological polar surface area (TPSA) is 42.2 Å². The SMILES string of the molecule is Cc1coc(C)c1C(=O)Nc1ccc(I)cc1. The molecular weight excluding hydrogens is 329 g/mol. The molecule has 0 atom stereocenters. The van der Waals surface area contributed by atoms with Crippen LogP contribution in [0.25, 0.3) is 0 Å². The van der Waals surface area contributed by atoms with Crippen molar-refractivity contribution in [3.8, 4) is 0 Å². The Morgan fingerprint density at radius 2 is 1.88 bits per heavy atom. The Kier molecular flexibility index (Phi) is 3.51. The van der Waals surface area contributed by atoms with E-state index in [-0.39, 0.29) is 5.91 Å². The lowest BCUT2D eigenvalue weighted by molar-refractivity contribution is 0.102. The highest BCUT2D eigenvalue weighted by Gasteiger charge is 2.15. The summed E-state index contributed by atoms with van der Waals surface area (Å²) in [5, 5.41) is 2.85. The Balaban J connectivity index is 2.20. The minimum atomic E-state index is -0.130. The zero-order chi connectivity index (χ0) is 12.4. The minimum Gasteiger partial charge on any atom is -0.469 e. The van der Waals surface area contributed by atoms with Gasteiger partial charge in [-0.25, -0.2) is 0 Å². The maximum Gasteiger partial charge on any atom is 0.259 e. The molecule has 0 aliphatic heterocycles. The quantitative estimate of drug-likeness (QED) is 0.846. The van der Waals surface area contributed by atoms with Gasteiger partial charge in [-0.2, -0.15) is 0 Å². The van der Waals surface area contributed by atoms with Crippen molar-refractivity contribution in [2.24, 2.45) is 0 Å². The third-order valence-electron chi connectivity index (χ3n) is 2.49. The molecule has 0 aliphatic carbocycles. The molecule has 3 nitrogen and oxygen atoms in total. The molecule has 0 spiro atoms. The zero-order valence-corrected chi connectivity index (χ0v) is 11.7. The standard InChI is InChI=1S/C13H12INO2/c1-8-7-17-9(2)12(8)13(16)15-11-5-3-10(14)4-6-11/h3-7H,1-2H3,(H,15,16). The van der Waals surface area contributed by atoms with Crippen molar-refractivity contribution in [3.63, 3.8) is 0 Å². The van der Waals surface area contributed by atoms with Gasteiger partial charge in [0.2, 0.25) is 0 Å². The molecule has 0 radical (unpaired) electrons. The largest absolute Gasteiger partial charge is 0.469 e. The van der Waals surface area contributed by atoms with Gasteiger partial charge in [-0.3, -0.25) is 4.79 Å². The number of carbonyl (C=O) groups is 1. The summed E-state index contributed by atoms with van der Waals surface area (Å²) >= 11 is 2.22. The second-order valence-electron chi connectivity index (χ2n) is 3.81. The molecule has 0 saturated heterocycles. The van der Waals surface area contributed by atoms with Crippen molar-refractivity contribution in [1.29, 1.82) is 0 Å². The van der Waals surface area contributed by atoms with Gasteiger partial charge in [0.05, 0.1) is 11.8 Å². The number of carbonyl (C=O) groups excluding carboxylic acids is 1. The van der Waals surface area contributed by atoms with Gasteiger partial charge in [0.1, 0.15) is 5.76 Å². The number of amides is 1. The van der Waals surface area contributed by atoms with E-state index in [4.69, 9.17) is 4.42 Å². The zero-order valence-electron chi connectivity index (χ0n) is 9.58. The van der Waals surface area contributed by atoms with Crippen LogP contribution in [0, 0.1) is 17.4 Å². The van der Waals surface area contributed by atoms with E-state index in [2.05, 4.69) is 27.9 Å². The fraction of sp³-hybridized carbons (Fsp3) is 0.154. The van der Waals surface area contributed by atoms with Gasteiger partial charge >= 0.3 is 0 Å². The van der Waals surface area contributed by atoms with Crippen LogP contribution in [-0.2, 0) is 0 Å². The Labute approximate surface area is 113 Å². The van der Waals surface area contributed by atoms with Crippen LogP contribution in [0.5, 0.6) is 0 Å².